The number of carboxylic acids is 1. The van der Waals surface area contributed by atoms with Crippen LogP contribution in [0.15, 0.2) is 34.4 Å². The number of aromatic carboxylic acids is 1. The fourth-order valence-electron chi connectivity index (χ4n) is 1.99. The summed E-state index contributed by atoms with van der Waals surface area (Å²) in [6.07, 6.45) is 0.835. The largest absolute Gasteiger partial charge is 0.477 e. The van der Waals surface area contributed by atoms with Crippen LogP contribution >= 0.6 is 11.3 Å². The molecule has 0 unspecified atom stereocenters. The molecule has 2 heterocycles. The Bertz CT molecular complexity index is 656. The number of thiophene rings is 1. The van der Waals surface area contributed by atoms with E-state index >= 15 is 0 Å². The number of carboxylic acid groups (broad SMARTS) is 1. The Morgan fingerprint density at radius 2 is 2.10 bits per heavy atom. The summed E-state index contributed by atoms with van der Waals surface area (Å²) in [6.45, 7) is 4.69. The van der Waals surface area contributed by atoms with Crippen LogP contribution in [0.5, 0.6) is 0 Å². The third-order valence-corrected chi connectivity index (χ3v) is 4.00. The average molecular weight is 291 g/mol. The van der Waals surface area contributed by atoms with Gasteiger partial charge in [0, 0.05) is 6.54 Å². The first-order valence-corrected chi connectivity index (χ1v) is 7.39. The Hall–Kier alpha value is -1.88. The summed E-state index contributed by atoms with van der Waals surface area (Å²) in [7, 11) is 0. The van der Waals surface area contributed by atoms with Gasteiger partial charge in [-0.1, -0.05) is 19.9 Å². The van der Waals surface area contributed by atoms with Crippen molar-refractivity contribution in [2.75, 3.05) is 0 Å². The van der Waals surface area contributed by atoms with Crippen molar-refractivity contribution in [2.45, 2.75) is 26.8 Å². The zero-order valence-corrected chi connectivity index (χ0v) is 12.3. The smallest absolute Gasteiger partial charge is 0.341 e. The van der Waals surface area contributed by atoms with E-state index in [-0.39, 0.29) is 5.56 Å². The van der Waals surface area contributed by atoms with Gasteiger partial charge in [-0.05, 0) is 35.9 Å². The molecule has 0 aliphatic heterocycles. The van der Waals surface area contributed by atoms with Crippen LogP contribution in [0.25, 0.3) is 10.6 Å². The van der Waals surface area contributed by atoms with E-state index in [2.05, 4.69) is 13.8 Å². The molecule has 2 aromatic heterocycles. The molecular formula is C15H17NO3S. The number of nitrogens with zero attached hydrogens (tertiary/aromatic N) is 1. The van der Waals surface area contributed by atoms with Gasteiger partial charge in [0.05, 0.1) is 10.6 Å². The minimum absolute atomic E-state index is 0.172. The molecule has 0 aliphatic rings. The molecule has 4 nitrogen and oxygen atoms in total. The maximum Gasteiger partial charge on any atom is 0.341 e. The van der Waals surface area contributed by atoms with Crippen LogP contribution < -0.4 is 5.56 Å². The molecule has 0 fully saturated rings. The van der Waals surface area contributed by atoms with E-state index in [0.29, 0.717) is 12.5 Å². The molecule has 106 valence electrons. The molecular weight excluding hydrogens is 274 g/mol. The van der Waals surface area contributed by atoms with Gasteiger partial charge in [0.15, 0.2) is 0 Å². The maximum atomic E-state index is 12.3. The van der Waals surface area contributed by atoms with Crippen LogP contribution in [0.1, 0.15) is 30.6 Å². The zero-order chi connectivity index (χ0) is 14.7. The van der Waals surface area contributed by atoms with Crippen molar-refractivity contribution in [3.63, 3.8) is 0 Å². The van der Waals surface area contributed by atoms with Crippen LogP contribution in [-0.4, -0.2) is 15.6 Å². The molecule has 2 aromatic rings. The van der Waals surface area contributed by atoms with Gasteiger partial charge in [-0.15, -0.1) is 11.3 Å². The summed E-state index contributed by atoms with van der Waals surface area (Å²) >= 11 is 1.54. The van der Waals surface area contributed by atoms with E-state index in [1.807, 2.05) is 17.5 Å². The first kappa shape index (κ1) is 14.5. The molecule has 0 saturated carbocycles. The normalized spacial score (nSPS) is 10.9. The number of aromatic nitrogens is 1. The summed E-state index contributed by atoms with van der Waals surface area (Å²) in [4.78, 5) is 24.4. The summed E-state index contributed by atoms with van der Waals surface area (Å²) in [5.41, 5.74) is 0.189. The van der Waals surface area contributed by atoms with Crippen molar-refractivity contribution in [3.8, 4) is 10.6 Å². The van der Waals surface area contributed by atoms with E-state index in [4.69, 9.17) is 5.11 Å². The van der Waals surface area contributed by atoms with Crippen molar-refractivity contribution in [1.29, 1.82) is 0 Å². The molecule has 0 bridgehead atoms. The van der Waals surface area contributed by atoms with Crippen molar-refractivity contribution >= 4 is 17.3 Å². The van der Waals surface area contributed by atoms with Gasteiger partial charge in [-0.3, -0.25) is 4.79 Å². The van der Waals surface area contributed by atoms with E-state index < -0.39 is 11.5 Å². The Kier molecular flexibility index (Phi) is 4.39. The monoisotopic (exact) mass is 291 g/mol. The molecule has 0 saturated heterocycles. The molecule has 0 atom stereocenters. The van der Waals surface area contributed by atoms with Gasteiger partial charge in [0.2, 0.25) is 0 Å². The standard InChI is InChI=1S/C15H17NO3S/c1-10(2)7-8-16-12(13-4-3-9-20-13)6-5-11(14(16)17)15(18)19/h3-6,9-10H,7-8H2,1-2H3,(H,18,19). The molecule has 5 heteroatoms. The highest BCUT2D eigenvalue weighted by Gasteiger charge is 2.15. The van der Waals surface area contributed by atoms with Gasteiger partial charge in [-0.25, -0.2) is 4.79 Å². The minimum atomic E-state index is -1.17. The fraction of sp³-hybridized carbons (Fsp3) is 0.333. The van der Waals surface area contributed by atoms with Gasteiger partial charge in [0.25, 0.3) is 5.56 Å². The summed E-state index contributed by atoms with van der Waals surface area (Å²) < 4.78 is 1.58. The lowest BCUT2D eigenvalue weighted by molar-refractivity contribution is 0.0694. The van der Waals surface area contributed by atoms with Gasteiger partial charge < -0.3 is 9.67 Å². The van der Waals surface area contributed by atoms with E-state index in [1.54, 1.807) is 22.0 Å². The summed E-state index contributed by atoms with van der Waals surface area (Å²) in [5.74, 6) is -0.724. The third kappa shape index (κ3) is 2.99. The molecule has 0 amide bonds. The second-order valence-corrected chi connectivity index (χ2v) is 6.00. The second-order valence-electron chi connectivity index (χ2n) is 5.05. The molecule has 20 heavy (non-hydrogen) atoms. The number of hydrogen-bond donors (Lipinski definition) is 1. The maximum absolute atomic E-state index is 12.3. The topological polar surface area (TPSA) is 59.3 Å². The Morgan fingerprint density at radius 1 is 1.35 bits per heavy atom. The predicted molar refractivity (Wildman–Crippen MR) is 80.4 cm³/mol. The third-order valence-electron chi connectivity index (χ3n) is 3.11. The number of rotatable bonds is 5. The molecule has 0 aliphatic carbocycles. The molecule has 1 N–H and O–H groups in total. The summed E-state index contributed by atoms with van der Waals surface area (Å²) in [5, 5.41) is 11.0. The molecule has 0 spiro atoms. The highest BCUT2D eigenvalue weighted by atomic mass is 32.1. The molecule has 0 aromatic carbocycles. The van der Waals surface area contributed by atoms with Crippen LogP contribution in [0.2, 0.25) is 0 Å². The summed E-state index contributed by atoms with van der Waals surface area (Å²) in [6, 6.07) is 6.97. The van der Waals surface area contributed by atoms with Crippen LogP contribution in [0.3, 0.4) is 0 Å². The number of hydrogen-bond acceptors (Lipinski definition) is 3. The van der Waals surface area contributed by atoms with Crippen molar-refractivity contribution in [2.24, 2.45) is 5.92 Å². The van der Waals surface area contributed by atoms with Crippen molar-refractivity contribution in [1.82, 2.24) is 4.57 Å². The van der Waals surface area contributed by atoms with Crippen molar-refractivity contribution in [3.05, 3.63) is 45.6 Å². The Labute approximate surface area is 121 Å². The van der Waals surface area contributed by atoms with E-state index in [0.717, 1.165) is 17.0 Å². The SMILES string of the molecule is CC(C)CCn1c(-c2cccs2)ccc(C(=O)O)c1=O. The molecule has 0 radical (unpaired) electrons. The Morgan fingerprint density at radius 3 is 2.65 bits per heavy atom. The Balaban J connectivity index is 2.54. The first-order valence-electron chi connectivity index (χ1n) is 6.51. The van der Waals surface area contributed by atoms with Gasteiger partial charge in [-0.2, -0.15) is 0 Å². The first-order chi connectivity index (χ1) is 9.50. The van der Waals surface area contributed by atoms with Gasteiger partial charge >= 0.3 is 5.97 Å². The van der Waals surface area contributed by atoms with Crippen molar-refractivity contribution < 1.29 is 9.90 Å². The van der Waals surface area contributed by atoms with Crippen LogP contribution in [0.4, 0.5) is 0 Å². The fourth-order valence-corrected chi connectivity index (χ4v) is 2.75. The van der Waals surface area contributed by atoms with E-state index in [9.17, 15) is 9.59 Å². The lowest BCUT2D eigenvalue weighted by Crippen LogP contribution is -2.27. The second kappa shape index (κ2) is 6.05. The minimum Gasteiger partial charge on any atom is -0.477 e. The quantitative estimate of drug-likeness (QED) is 0.919. The zero-order valence-electron chi connectivity index (χ0n) is 11.5. The predicted octanol–water partition coefficient (Wildman–Crippen LogP) is 3.32. The van der Waals surface area contributed by atoms with Gasteiger partial charge in [0.1, 0.15) is 5.56 Å². The average Bonchev–Trinajstić information content (AvgIpc) is 2.89. The lowest BCUT2D eigenvalue weighted by Gasteiger charge is -2.14. The van der Waals surface area contributed by atoms with E-state index in [1.165, 1.54) is 6.07 Å². The van der Waals surface area contributed by atoms with Crippen LogP contribution in [-0.2, 0) is 6.54 Å². The highest BCUT2D eigenvalue weighted by Crippen LogP contribution is 2.24. The lowest BCUT2D eigenvalue weighted by atomic mass is 10.1. The van der Waals surface area contributed by atoms with Crippen LogP contribution in [0, 0.1) is 5.92 Å². The number of pyridine rings is 1. The molecule has 2 rings (SSSR count). The highest BCUT2D eigenvalue weighted by molar-refractivity contribution is 7.13. The number of carbonyl (C=O) groups is 1.